The van der Waals surface area contributed by atoms with E-state index < -0.39 is 0 Å². The third-order valence-electron chi connectivity index (χ3n) is 11.1. The van der Waals surface area contributed by atoms with E-state index in [0.29, 0.717) is 41.4 Å². The van der Waals surface area contributed by atoms with Crippen molar-refractivity contribution in [3.05, 3.63) is 44.6 Å². The largest absolute Gasteiger partial charge is 0.0772 e. The van der Waals surface area contributed by atoms with Crippen LogP contribution in [0.25, 0.3) is 0 Å². The van der Waals surface area contributed by atoms with E-state index in [1.807, 2.05) is 0 Å². The van der Waals surface area contributed by atoms with Gasteiger partial charge in [-0.2, -0.15) is 0 Å². The van der Waals surface area contributed by atoms with E-state index in [-0.39, 0.29) is 0 Å². The standard InChI is InChI=1S/C26H48.C12H24/c1-15(2)17(5)19(7)21(9)23(11)25(13)26(14)24(12)22(10)20(8)18(6)16(3)4;1-8(2)10(5)12(7)11(6)9(3)4/h15,17,20,22-23,25H,1-14H3;8-10H,1-7H3. The molecule has 0 heteroatoms. The van der Waals surface area contributed by atoms with Crippen LogP contribution >= 0.6 is 0 Å². The number of hydrogen-bond donors (Lipinski definition) is 0. The third kappa shape index (κ3) is 11.6. The predicted octanol–water partition coefficient (Wildman–Crippen LogP) is 13.1. The Morgan fingerprint density at radius 3 is 0.684 bits per heavy atom. The van der Waals surface area contributed by atoms with Crippen LogP contribution in [0.2, 0.25) is 0 Å². The smallest absolute Gasteiger partial charge is 0.0169 e. The van der Waals surface area contributed by atoms with Crippen molar-refractivity contribution in [2.45, 2.75) is 145 Å². The molecule has 0 saturated carbocycles. The van der Waals surface area contributed by atoms with E-state index in [1.54, 1.807) is 39.0 Å². The maximum Gasteiger partial charge on any atom is -0.0169 e. The van der Waals surface area contributed by atoms with Gasteiger partial charge in [0.25, 0.3) is 0 Å². The Kier molecular flexibility index (Phi) is 18.1. The highest BCUT2D eigenvalue weighted by Crippen LogP contribution is 2.36. The van der Waals surface area contributed by atoms with Gasteiger partial charge in [-0.3, -0.25) is 0 Å². The molecular formula is C38H72. The molecule has 224 valence electrons. The number of hydrogen-bond acceptors (Lipinski definition) is 0. The van der Waals surface area contributed by atoms with Gasteiger partial charge >= 0.3 is 0 Å². The van der Waals surface area contributed by atoms with Gasteiger partial charge in [0.15, 0.2) is 0 Å². The molecule has 0 radical (unpaired) electrons. The van der Waals surface area contributed by atoms with Crippen LogP contribution in [0, 0.1) is 53.3 Å². The van der Waals surface area contributed by atoms with Crippen molar-refractivity contribution < 1.29 is 0 Å². The molecule has 0 amide bonds. The summed E-state index contributed by atoms with van der Waals surface area (Å²) >= 11 is 0. The van der Waals surface area contributed by atoms with Gasteiger partial charge in [-0.15, -0.1) is 0 Å². The fourth-order valence-corrected chi connectivity index (χ4v) is 5.21. The monoisotopic (exact) mass is 529 g/mol. The third-order valence-corrected chi connectivity index (χ3v) is 11.1. The van der Waals surface area contributed by atoms with Crippen LogP contribution in [0.1, 0.15) is 145 Å². The minimum Gasteiger partial charge on any atom is -0.0772 e. The lowest BCUT2D eigenvalue weighted by atomic mass is 9.75. The molecule has 0 spiro atoms. The second-order valence-corrected chi connectivity index (χ2v) is 14.2. The molecule has 0 bridgehead atoms. The Bertz CT molecular complexity index is 831. The molecule has 0 aromatic carbocycles. The number of allylic oxidation sites excluding steroid dienone is 8. The SMILES string of the molecule is CC(=C(C)C(C)C(C)C)C(C)C.CC(C)=C(C)C(C)C(C)C(C)=C(C)C(C)C(C)C(C)=C(C)C(C)C(C)C. The zero-order chi connectivity index (χ0) is 30.8. The fraction of sp³-hybridized carbons (Fsp3) is 0.789. The summed E-state index contributed by atoms with van der Waals surface area (Å²) in [7, 11) is 0. The molecule has 0 aromatic rings. The van der Waals surface area contributed by atoms with Crippen LogP contribution in [0.3, 0.4) is 0 Å². The van der Waals surface area contributed by atoms with E-state index in [0.717, 1.165) is 11.8 Å². The summed E-state index contributed by atoms with van der Waals surface area (Å²) in [6.07, 6.45) is 0. The first-order valence-electron chi connectivity index (χ1n) is 15.8. The molecule has 0 saturated heterocycles. The summed E-state index contributed by atoms with van der Waals surface area (Å²) in [5, 5.41) is 0. The van der Waals surface area contributed by atoms with Crippen LogP contribution < -0.4 is 0 Å². The molecule has 0 rings (SSSR count). The molecule has 0 nitrogen and oxygen atoms in total. The molecule has 0 N–H and O–H groups in total. The molecule has 38 heavy (non-hydrogen) atoms. The first-order chi connectivity index (χ1) is 17.1. The van der Waals surface area contributed by atoms with Gasteiger partial charge in [-0.25, -0.2) is 0 Å². The molecular weight excluding hydrogens is 456 g/mol. The zero-order valence-corrected chi connectivity index (χ0v) is 30.2. The van der Waals surface area contributed by atoms with Gasteiger partial charge < -0.3 is 0 Å². The lowest BCUT2D eigenvalue weighted by Gasteiger charge is -2.31. The van der Waals surface area contributed by atoms with Crippen molar-refractivity contribution in [2.75, 3.05) is 0 Å². The maximum atomic E-state index is 2.42. The minimum atomic E-state index is 0.589. The predicted molar refractivity (Wildman–Crippen MR) is 179 cm³/mol. The highest BCUT2D eigenvalue weighted by molar-refractivity contribution is 5.24. The van der Waals surface area contributed by atoms with E-state index in [1.165, 1.54) is 5.57 Å². The second kappa shape index (κ2) is 17.6. The average molecular weight is 529 g/mol. The number of rotatable bonds is 11. The van der Waals surface area contributed by atoms with Crippen molar-refractivity contribution in [3.8, 4) is 0 Å². The topological polar surface area (TPSA) is 0 Å². The Morgan fingerprint density at radius 1 is 0.263 bits per heavy atom. The van der Waals surface area contributed by atoms with Crippen molar-refractivity contribution in [3.63, 3.8) is 0 Å². The summed E-state index contributed by atoms with van der Waals surface area (Å²) in [5.74, 6) is 5.95. The van der Waals surface area contributed by atoms with Crippen LogP contribution in [0.4, 0.5) is 0 Å². The van der Waals surface area contributed by atoms with Crippen molar-refractivity contribution in [1.82, 2.24) is 0 Å². The van der Waals surface area contributed by atoms with E-state index in [2.05, 4.69) is 145 Å². The maximum absolute atomic E-state index is 2.42. The Labute approximate surface area is 242 Å². The van der Waals surface area contributed by atoms with Gasteiger partial charge in [0.2, 0.25) is 0 Å². The minimum absolute atomic E-state index is 0.589. The zero-order valence-electron chi connectivity index (χ0n) is 30.2. The summed E-state index contributed by atoms with van der Waals surface area (Å²) in [5.41, 5.74) is 12.5. The van der Waals surface area contributed by atoms with Gasteiger partial charge in [-0.05, 0) is 116 Å². The Balaban J connectivity index is 0. The first-order valence-corrected chi connectivity index (χ1v) is 15.8. The van der Waals surface area contributed by atoms with Gasteiger partial charge in [0, 0.05) is 0 Å². The molecule has 0 aromatic heterocycles. The van der Waals surface area contributed by atoms with Gasteiger partial charge in [0.05, 0.1) is 0 Å². The highest BCUT2D eigenvalue weighted by Gasteiger charge is 2.24. The van der Waals surface area contributed by atoms with E-state index >= 15 is 0 Å². The van der Waals surface area contributed by atoms with Crippen molar-refractivity contribution in [1.29, 1.82) is 0 Å². The van der Waals surface area contributed by atoms with Crippen molar-refractivity contribution >= 4 is 0 Å². The highest BCUT2D eigenvalue weighted by atomic mass is 14.3. The van der Waals surface area contributed by atoms with Crippen LogP contribution in [-0.4, -0.2) is 0 Å². The van der Waals surface area contributed by atoms with Crippen LogP contribution in [-0.2, 0) is 0 Å². The van der Waals surface area contributed by atoms with Crippen LogP contribution in [0.15, 0.2) is 44.6 Å². The lowest BCUT2D eigenvalue weighted by molar-refractivity contribution is 0.440. The lowest BCUT2D eigenvalue weighted by Crippen LogP contribution is -2.19. The fourth-order valence-electron chi connectivity index (χ4n) is 5.21. The van der Waals surface area contributed by atoms with E-state index in [4.69, 9.17) is 0 Å². The molecule has 0 aliphatic heterocycles. The van der Waals surface area contributed by atoms with Gasteiger partial charge in [-0.1, -0.05) is 128 Å². The first kappa shape index (κ1) is 39.1. The molecule has 0 heterocycles. The van der Waals surface area contributed by atoms with Gasteiger partial charge in [0.1, 0.15) is 0 Å². The summed E-state index contributed by atoms with van der Waals surface area (Å²) in [6.45, 7) is 48.9. The van der Waals surface area contributed by atoms with Crippen molar-refractivity contribution in [2.24, 2.45) is 53.3 Å². The summed E-state index contributed by atoms with van der Waals surface area (Å²) < 4.78 is 0. The molecule has 0 aliphatic carbocycles. The quantitative estimate of drug-likeness (QED) is 0.234. The molecule has 6 unspecified atom stereocenters. The molecule has 6 atom stereocenters. The second-order valence-electron chi connectivity index (χ2n) is 14.2. The van der Waals surface area contributed by atoms with E-state index in [9.17, 15) is 0 Å². The van der Waals surface area contributed by atoms with Crippen LogP contribution in [0.5, 0.6) is 0 Å². The average Bonchev–Trinajstić information content (AvgIpc) is 2.87. The molecule has 0 fully saturated rings. The molecule has 0 aliphatic rings. The normalized spacial score (nSPS) is 18.9. The summed E-state index contributed by atoms with van der Waals surface area (Å²) in [6, 6.07) is 0. The Morgan fingerprint density at radius 2 is 0.474 bits per heavy atom. The Hall–Kier alpha value is -1.04. The summed E-state index contributed by atoms with van der Waals surface area (Å²) in [4.78, 5) is 0.